The van der Waals surface area contributed by atoms with Gasteiger partial charge in [-0.15, -0.1) is 0 Å². The fourth-order valence-electron chi connectivity index (χ4n) is 1.53. The largest absolute Gasteiger partial charge is 0.507 e. The van der Waals surface area contributed by atoms with E-state index in [9.17, 15) is 9.90 Å². The molecule has 1 aromatic carbocycles. The van der Waals surface area contributed by atoms with Crippen LogP contribution in [0.4, 0.5) is 0 Å². The second-order valence-corrected chi connectivity index (χ2v) is 3.84. The van der Waals surface area contributed by atoms with Crippen molar-refractivity contribution in [2.75, 3.05) is 7.11 Å². The fourth-order valence-corrected chi connectivity index (χ4v) is 1.53. The van der Waals surface area contributed by atoms with Crippen LogP contribution in [0.1, 0.15) is 41.3 Å². The van der Waals surface area contributed by atoms with Gasteiger partial charge in [0.25, 0.3) is 0 Å². The smallest absolute Gasteiger partial charge is 0.341 e. The van der Waals surface area contributed by atoms with Gasteiger partial charge in [-0.25, -0.2) is 4.79 Å². The summed E-state index contributed by atoms with van der Waals surface area (Å²) < 4.78 is 4.63. The minimum atomic E-state index is -0.493. The Morgan fingerprint density at radius 2 is 2.00 bits per heavy atom. The highest BCUT2D eigenvalue weighted by molar-refractivity contribution is 5.94. The summed E-state index contributed by atoms with van der Waals surface area (Å²) in [5.41, 5.74) is 1.76. The number of phenolic OH excluding ortho intramolecular Hbond substituents is 1. The highest BCUT2D eigenvalue weighted by atomic mass is 16.5. The molecule has 0 aromatic heterocycles. The van der Waals surface area contributed by atoms with E-state index in [1.807, 2.05) is 26.0 Å². The van der Waals surface area contributed by atoms with Crippen LogP contribution in [0.25, 0.3) is 0 Å². The van der Waals surface area contributed by atoms with Crippen molar-refractivity contribution in [1.29, 1.82) is 0 Å². The zero-order chi connectivity index (χ0) is 11.6. The number of carbonyl (C=O) groups is 1. The fraction of sp³-hybridized carbons (Fsp3) is 0.417. The third-order valence-corrected chi connectivity index (χ3v) is 2.43. The van der Waals surface area contributed by atoms with E-state index in [-0.39, 0.29) is 17.2 Å². The van der Waals surface area contributed by atoms with E-state index >= 15 is 0 Å². The number of benzene rings is 1. The molecule has 0 aliphatic carbocycles. The predicted octanol–water partition coefficient (Wildman–Crippen LogP) is 2.61. The molecule has 0 radical (unpaired) electrons. The van der Waals surface area contributed by atoms with Crippen molar-refractivity contribution < 1.29 is 14.6 Å². The van der Waals surface area contributed by atoms with Gasteiger partial charge in [-0.1, -0.05) is 26.0 Å². The monoisotopic (exact) mass is 208 g/mol. The number of phenols is 1. The molecule has 0 atom stereocenters. The number of ether oxygens (including phenoxy) is 1. The maximum atomic E-state index is 11.4. The maximum absolute atomic E-state index is 11.4. The maximum Gasteiger partial charge on any atom is 0.341 e. The lowest BCUT2D eigenvalue weighted by Crippen LogP contribution is -2.06. The summed E-state index contributed by atoms with van der Waals surface area (Å²) in [7, 11) is 1.31. The van der Waals surface area contributed by atoms with Gasteiger partial charge in [-0.3, -0.25) is 0 Å². The van der Waals surface area contributed by atoms with Crippen LogP contribution in [0.2, 0.25) is 0 Å². The van der Waals surface area contributed by atoms with Gasteiger partial charge in [0.2, 0.25) is 0 Å². The summed E-state index contributed by atoms with van der Waals surface area (Å²) in [5, 5.41) is 9.94. The Kier molecular flexibility index (Phi) is 3.35. The standard InChI is InChI=1S/C12H16O3/c1-7(2)9-6-5-8(3)10(11(9)13)12(14)15-4/h5-7,13H,1-4H3. The minimum Gasteiger partial charge on any atom is -0.507 e. The lowest BCUT2D eigenvalue weighted by molar-refractivity contribution is 0.0596. The lowest BCUT2D eigenvalue weighted by Gasteiger charge is -2.13. The van der Waals surface area contributed by atoms with Gasteiger partial charge in [0.15, 0.2) is 0 Å². The number of methoxy groups -OCH3 is 1. The highest BCUT2D eigenvalue weighted by Gasteiger charge is 2.18. The summed E-state index contributed by atoms with van der Waals surface area (Å²) in [6.07, 6.45) is 0. The van der Waals surface area contributed by atoms with Crippen LogP contribution in [0.3, 0.4) is 0 Å². The summed E-state index contributed by atoms with van der Waals surface area (Å²) in [6.45, 7) is 5.70. The zero-order valence-corrected chi connectivity index (χ0v) is 9.50. The molecule has 0 fully saturated rings. The number of hydrogen-bond donors (Lipinski definition) is 1. The number of hydrogen-bond acceptors (Lipinski definition) is 3. The molecule has 1 N–H and O–H groups in total. The first kappa shape index (κ1) is 11.6. The van der Waals surface area contributed by atoms with Crippen LogP contribution in [0.15, 0.2) is 12.1 Å². The van der Waals surface area contributed by atoms with Crippen molar-refractivity contribution in [3.63, 3.8) is 0 Å². The molecule has 1 rings (SSSR count). The van der Waals surface area contributed by atoms with E-state index in [4.69, 9.17) is 0 Å². The van der Waals surface area contributed by atoms with Crippen molar-refractivity contribution in [2.24, 2.45) is 0 Å². The van der Waals surface area contributed by atoms with Gasteiger partial charge in [-0.05, 0) is 24.0 Å². The molecule has 0 aliphatic rings. The Morgan fingerprint density at radius 1 is 1.40 bits per heavy atom. The summed E-state index contributed by atoms with van der Waals surface area (Å²) >= 11 is 0. The molecule has 0 spiro atoms. The third kappa shape index (κ3) is 2.12. The molecule has 1 aromatic rings. The highest BCUT2D eigenvalue weighted by Crippen LogP contribution is 2.31. The summed E-state index contributed by atoms with van der Waals surface area (Å²) in [6, 6.07) is 3.66. The predicted molar refractivity (Wildman–Crippen MR) is 58.3 cm³/mol. The SMILES string of the molecule is COC(=O)c1c(C)ccc(C(C)C)c1O. The van der Waals surface area contributed by atoms with Gasteiger partial charge >= 0.3 is 5.97 Å². The van der Waals surface area contributed by atoms with E-state index in [1.54, 1.807) is 6.92 Å². The molecule has 3 nitrogen and oxygen atoms in total. The molecule has 0 bridgehead atoms. The average molecular weight is 208 g/mol. The Bertz CT molecular complexity index is 381. The first-order chi connectivity index (χ1) is 6.99. The molecule has 3 heteroatoms. The van der Waals surface area contributed by atoms with Crippen LogP contribution in [-0.2, 0) is 4.74 Å². The van der Waals surface area contributed by atoms with E-state index in [0.717, 1.165) is 11.1 Å². The quantitative estimate of drug-likeness (QED) is 0.760. The number of aromatic hydroxyl groups is 1. The Morgan fingerprint density at radius 3 is 2.47 bits per heavy atom. The Hall–Kier alpha value is -1.51. The van der Waals surface area contributed by atoms with Crippen molar-refractivity contribution >= 4 is 5.97 Å². The van der Waals surface area contributed by atoms with Crippen LogP contribution >= 0.6 is 0 Å². The van der Waals surface area contributed by atoms with E-state index in [2.05, 4.69) is 4.74 Å². The van der Waals surface area contributed by atoms with Crippen LogP contribution in [-0.4, -0.2) is 18.2 Å². The Labute approximate surface area is 89.7 Å². The van der Waals surface area contributed by atoms with Gasteiger partial charge < -0.3 is 9.84 Å². The van der Waals surface area contributed by atoms with E-state index in [0.29, 0.717) is 0 Å². The van der Waals surface area contributed by atoms with Crippen molar-refractivity contribution in [3.05, 3.63) is 28.8 Å². The molecular weight excluding hydrogens is 192 g/mol. The summed E-state index contributed by atoms with van der Waals surface area (Å²) in [4.78, 5) is 11.4. The van der Waals surface area contributed by atoms with Crippen LogP contribution in [0.5, 0.6) is 5.75 Å². The van der Waals surface area contributed by atoms with Crippen molar-refractivity contribution in [2.45, 2.75) is 26.7 Å². The number of carbonyl (C=O) groups excluding carboxylic acids is 1. The number of esters is 1. The summed E-state index contributed by atoms with van der Waals surface area (Å²) in [5.74, 6) is -0.279. The van der Waals surface area contributed by atoms with E-state index in [1.165, 1.54) is 7.11 Å². The average Bonchev–Trinajstić information content (AvgIpc) is 2.16. The molecule has 0 unspecified atom stereocenters. The molecule has 0 amide bonds. The van der Waals surface area contributed by atoms with Crippen molar-refractivity contribution in [3.8, 4) is 5.75 Å². The Balaban J connectivity index is 3.36. The molecule has 82 valence electrons. The molecule has 15 heavy (non-hydrogen) atoms. The van der Waals surface area contributed by atoms with Gasteiger partial charge in [-0.2, -0.15) is 0 Å². The topological polar surface area (TPSA) is 46.5 Å². The second-order valence-electron chi connectivity index (χ2n) is 3.84. The van der Waals surface area contributed by atoms with Gasteiger partial charge in [0, 0.05) is 0 Å². The lowest BCUT2D eigenvalue weighted by atomic mass is 9.96. The third-order valence-electron chi connectivity index (χ3n) is 2.43. The first-order valence-corrected chi connectivity index (χ1v) is 4.89. The second kappa shape index (κ2) is 4.34. The van der Waals surface area contributed by atoms with Crippen molar-refractivity contribution in [1.82, 2.24) is 0 Å². The molecular formula is C12H16O3. The van der Waals surface area contributed by atoms with Gasteiger partial charge in [0.05, 0.1) is 7.11 Å². The molecule has 0 saturated heterocycles. The van der Waals surface area contributed by atoms with Crippen LogP contribution < -0.4 is 0 Å². The van der Waals surface area contributed by atoms with Crippen LogP contribution in [0, 0.1) is 6.92 Å². The minimum absolute atomic E-state index is 0.0388. The zero-order valence-electron chi connectivity index (χ0n) is 9.50. The first-order valence-electron chi connectivity index (χ1n) is 4.89. The number of aryl methyl sites for hydroxylation is 1. The van der Waals surface area contributed by atoms with E-state index < -0.39 is 5.97 Å². The normalized spacial score (nSPS) is 10.5. The molecule has 0 heterocycles. The number of rotatable bonds is 2. The molecule has 0 saturated carbocycles. The van der Waals surface area contributed by atoms with Gasteiger partial charge in [0.1, 0.15) is 11.3 Å². The molecule has 0 aliphatic heterocycles.